The fourth-order valence-electron chi connectivity index (χ4n) is 3.61. The van der Waals surface area contributed by atoms with E-state index in [9.17, 15) is 8.42 Å². The van der Waals surface area contributed by atoms with Crippen LogP contribution in [0.5, 0.6) is 0 Å². The topological polar surface area (TPSA) is 63.1 Å². The van der Waals surface area contributed by atoms with E-state index in [1.165, 1.54) is 4.90 Å². The molecule has 1 atom stereocenters. The monoisotopic (exact) mass is 404 g/mol. The second-order valence-corrected chi connectivity index (χ2v) is 9.16. The number of nitrogens with one attached hydrogen (secondary N) is 2. The SMILES string of the molecule is Cc1ccccc1S(=O)(=O)NC[C@H](c1ccc(N(C)C)cc1)[NH+]1CCOCC1. The second kappa shape index (κ2) is 9.05. The molecule has 1 aliphatic rings. The fourth-order valence-corrected chi connectivity index (χ4v) is 4.90. The summed E-state index contributed by atoms with van der Waals surface area (Å²) >= 11 is 0. The number of hydrogen-bond donors (Lipinski definition) is 2. The maximum Gasteiger partial charge on any atom is 0.241 e. The third-order valence-corrected chi connectivity index (χ3v) is 6.88. The lowest BCUT2D eigenvalue weighted by molar-refractivity contribution is -0.937. The van der Waals surface area contributed by atoms with Crippen molar-refractivity contribution in [3.05, 3.63) is 59.7 Å². The van der Waals surface area contributed by atoms with Crippen LogP contribution >= 0.6 is 0 Å². The van der Waals surface area contributed by atoms with Gasteiger partial charge in [-0.1, -0.05) is 30.3 Å². The number of sulfonamides is 1. The number of rotatable bonds is 7. The molecule has 0 unspecified atom stereocenters. The molecule has 1 saturated heterocycles. The maximum atomic E-state index is 12.9. The quantitative estimate of drug-likeness (QED) is 0.723. The molecule has 7 heteroatoms. The summed E-state index contributed by atoms with van der Waals surface area (Å²) in [5.41, 5.74) is 3.01. The van der Waals surface area contributed by atoms with E-state index in [1.54, 1.807) is 12.1 Å². The molecule has 1 heterocycles. The normalized spacial score (nSPS) is 16.7. The van der Waals surface area contributed by atoms with Gasteiger partial charge in [0.1, 0.15) is 19.1 Å². The number of morpholine rings is 1. The predicted octanol–water partition coefficient (Wildman–Crippen LogP) is 0.996. The van der Waals surface area contributed by atoms with Crippen molar-refractivity contribution in [3.63, 3.8) is 0 Å². The molecule has 0 amide bonds. The molecule has 3 rings (SSSR count). The average molecular weight is 405 g/mol. The van der Waals surface area contributed by atoms with Crippen LogP contribution < -0.4 is 14.5 Å². The largest absolute Gasteiger partial charge is 0.378 e. The van der Waals surface area contributed by atoms with Crippen molar-refractivity contribution in [2.45, 2.75) is 17.9 Å². The summed E-state index contributed by atoms with van der Waals surface area (Å²) in [6, 6.07) is 15.5. The Hall–Kier alpha value is -1.93. The Kier molecular flexibility index (Phi) is 6.72. The van der Waals surface area contributed by atoms with Crippen molar-refractivity contribution in [3.8, 4) is 0 Å². The molecule has 0 aliphatic carbocycles. The van der Waals surface area contributed by atoms with Crippen LogP contribution in [0.1, 0.15) is 17.2 Å². The summed E-state index contributed by atoms with van der Waals surface area (Å²) in [5, 5.41) is 0. The zero-order chi connectivity index (χ0) is 20.1. The molecule has 2 N–H and O–H groups in total. The molecule has 1 fully saturated rings. The predicted molar refractivity (Wildman–Crippen MR) is 111 cm³/mol. The van der Waals surface area contributed by atoms with Gasteiger partial charge in [0.05, 0.1) is 24.7 Å². The molecule has 2 aromatic carbocycles. The van der Waals surface area contributed by atoms with Gasteiger partial charge in [-0.2, -0.15) is 0 Å². The fraction of sp³-hybridized carbons (Fsp3) is 0.429. The second-order valence-electron chi connectivity index (χ2n) is 7.43. The maximum absolute atomic E-state index is 12.9. The summed E-state index contributed by atoms with van der Waals surface area (Å²) in [5.74, 6) is 0. The smallest absolute Gasteiger partial charge is 0.241 e. The number of quaternary nitrogens is 1. The van der Waals surface area contributed by atoms with Crippen molar-refractivity contribution >= 4 is 15.7 Å². The van der Waals surface area contributed by atoms with E-state index in [4.69, 9.17) is 4.74 Å². The molecule has 0 bridgehead atoms. The number of ether oxygens (including phenoxy) is 1. The Morgan fingerprint density at radius 2 is 1.71 bits per heavy atom. The highest BCUT2D eigenvalue weighted by Crippen LogP contribution is 2.18. The van der Waals surface area contributed by atoms with Gasteiger partial charge in [-0.15, -0.1) is 0 Å². The highest BCUT2D eigenvalue weighted by Gasteiger charge is 2.28. The number of aryl methyl sites for hydroxylation is 1. The van der Waals surface area contributed by atoms with Gasteiger partial charge in [0.25, 0.3) is 0 Å². The standard InChI is InChI=1S/C21H29N3O3S/c1-17-6-4-5-7-21(17)28(25,26)22-16-20(24-12-14-27-15-13-24)18-8-10-19(11-9-18)23(2)3/h4-11,20,22H,12-16H2,1-3H3/p+1/t20-/m1/s1. The zero-order valence-corrected chi connectivity index (χ0v) is 17.6. The molecule has 152 valence electrons. The van der Waals surface area contributed by atoms with Gasteiger partial charge in [0.2, 0.25) is 10.0 Å². The van der Waals surface area contributed by atoms with E-state index in [2.05, 4.69) is 33.9 Å². The molecular formula is C21H30N3O3S+. The van der Waals surface area contributed by atoms with E-state index >= 15 is 0 Å². The third kappa shape index (κ3) is 4.91. The first-order chi connectivity index (χ1) is 13.4. The summed E-state index contributed by atoms with van der Waals surface area (Å²) in [6.07, 6.45) is 0. The van der Waals surface area contributed by atoms with Crippen molar-refractivity contribution in [1.82, 2.24) is 4.72 Å². The first-order valence-electron chi connectivity index (χ1n) is 9.63. The lowest BCUT2D eigenvalue weighted by atomic mass is 10.0. The minimum absolute atomic E-state index is 0.0407. The first-order valence-corrected chi connectivity index (χ1v) is 11.1. The van der Waals surface area contributed by atoms with Crippen LogP contribution in [0.25, 0.3) is 0 Å². The Morgan fingerprint density at radius 3 is 2.32 bits per heavy atom. The van der Waals surface area contributed by atoms with Gasteiger partial charge in [-0.3, -0.25) is 0 Å². The Balaban J connectivity index is 1.82. The average Bonchev–Trinajstić information content (AvgIpc) is 2.69. The van der Waals surface area contributed by atoms with E-state index in [1.807, 2.05) is 33.2 Å². The molecule has 28 heavy (non-hydrogen) atoms. The summed E-state index contributed by atoms with van der Waals surface area (Å²) in [6.45, 7) is 5.31. The number of nitrogens with zero attached hydrogens (tertiary/aromatic N) is 1. The molecule has 6 nitrogen and oxygen atoms in total. The summed E-state index contributed by atoms with van der Waals surface area (Å²) in [7, 11) is 0.463. The Labute approximate surface area is 168 Å². The first kappa shape index (κ1) is 20.8. The minimum Gasteiger partial charge on any atom is -0.378 e. The van der Waals surface area contributed by atoms with Crippen LogP contribution in [-0.2, 0) is 14.8 Å². The van der Waals surface area contributed by atoms with Gasteiger partial charge >= 0.3 is 0 Å². The van der Waals surface area contributed by atoms with Crippen LogP contribution in [0.2, 0.25) is 0 Å². The summed E-state index contributed by atoms with van der Waals surface area (Å²) < 4.78 is 34.1. The van der Waals surface area contributed by atoms with Crippen LogP contribution in [0.3, 0.4) is 0 Å². The van der Waals surface area contributed by atoms with E-state index in [0.29, 0.717) is 24.7 Å². The minimum atomic E-state index is -3.56. The highest BCUT2D eigenvalue weighted by molar-refractivity contribution is 7.89. The molecule has 0 radical (unpaired) electrons. The van der Waals surface area contributed by atoms with E-state index < -0.39 is 10.0 Å². The van der Waals surface area contributed by atoms with Crippen LogP contribution in [0, 0.1) is 6.92 Å². The lowest BCUT2D eigenvalue weighted by Gasteiger charge is -2.32. The molecule has 1 aliphatic heterocycles. The van der Waals surface area contributed by atoms with Crippen molar-refractivity contribution in [2.24, 2.45) is 0 Å². The lowest BCUT2D eigenvalue weighted by Crippen LogP contribution is -3.15. The molecular weight excluding hydrogens is 374 g/mol. The van der Waals surface area contributed by atoms with Crippen LogP contribution in [0.4, 0.5) is 5.69 Å². The third-order valence-electron chi connectivity index (χ3n) is 5.30. The number of benzene rings is 2. The van der Waals surface area contributed by atoms with E-state index in [-0.39, 0.29) is 6.04 Å². The van der Waals surface area contributed by atoms with Gasteiger partial charge in [0.15, 0.2) is 0 Å². The van der Waals surface area contributed by atoms with Crippen molar-refractivity contribution in [2.75, 3.05) is 51.8 Å². The Bertz CT molecular complexity index is 876. The van der Waals surface area contributed by atoms with E-state index in [0.717, 1.165) is 29.9 Å². The van der Waals surface area contributed by atoms with Crippen molar-refractivity contribution < 1.29 is 18.1 Å². The van der Waals surface area contributed by atoms with Crippen molar-refractivity contribution in [1.29, 1.82) is 0 Å². The molecule has 2 aromatic rings. The van der Waals surface area contributed by atoms with Gasteiger partial charge in [-0.05, 0) is 30.7 Å². The van der Waals surface area contributed by atoms with Gasteiger partial charge in [-0.25, -0.2) is 13.1 Å². The number of hydrogen-bond acceptors (Lipinski definition) is 4. The highest BCUT2D eigenvalue weighted by atomic mass is 32.2. The van der Waals surface area contributed by atoms with Gasteiger partial charge in [0, 0.05) is 25.3 Å². The van der Waals surface area contributed by atoms with Crippen LogP contribution in [-0.4, -0.2) is 55.4 Å². The summed E-state index contributed by atoms with van der Waals surface area (Å²) in [4.78, 5) is 3.74. The zero-order valence-electron chi connectivity index (χ0n) is 16.8. The molecule has 0 aromatic heterocycles. The number of anilines is 1. The van der Waals surface area contributed by atoms with Gasteiger partial charge < -0.3 is 14.5 Å². The molecule has 0 saturated carbocycles. The molecule has 0 spiro atoms. The Morgan fingerprint density at radius 1 is 1.07 bits per heavy atom. The van der Waals surface area contributed by atoms with Crippen LogP contribution in [0.15, 0.2) is 53.4 Å².